The normalized spacial score (nSPS) is 10.5. The topological polar surface area (TPSA) is 30.2 Å². The molecule has 0 saturated heterocycles. The second-order valence-electron chi connectivity index (χ2n) is 3.85. The quantitative estimate of drug-likeness (QED) is 0.625. The van der Waals surface area contributed by atoms with E-state index in [4.69, 9.17) is 4.42 Å². The Labute approximate surface area is 114 Å². The van der Waals surface area contributed by atoms with Gasteiger partial charge in [0.2, 0.25) is 5.78 Å². The fraction of sp³-hybridized carbons (Fsp3) is 0.214. The van der Waals surface area contributed by atoms with Gasteiger partial charge in [0.1, 0.15) is 5.76 Å². The van der Waals surface area contributed by atoms with Crippen LogP contribution in [0.5, 0.6) is 0 Å². The average Bonchev–Trinajstić information content (AvgIpc) is 2.81. The van der Waals surface area contributed by atoms with Gasteiger partial charge in [-0.05, 0) is 52.4 Å². The van der Waals surface area contributed by atoms with Crippen molar-refractivity contribution in [3.63, 3.8) is 0 Å². The number of carbonyl (C=O) groups excluding carboxylic acids is 1. The third-order valence-electron chi connectivity index (χ3n) is 2.56. The first-order chi connectivity index (χ1) is 8.19. The number of hydrogen-bond acceptors (Lipinski definition) is 2. The number of Topliss-reactive ketones (excluding diaryl/α,β-unsaturated/α-hetero) is 1. The van der Waals surface area contributed by atoms with Gasteiger partial charge in [0.15, 0.2) is 5.76 Å². The minimum atomic E-state index is 0.0332. The third-order valence-corrected chi connectivity index (χ3v) is 3.28. The molecule has 0 spiro atoms. The van der Waals surface area contributed by atoms with Crippen molar-refractivity contribution in [1.29, 1.82) is 0 Å². The largest absolute Gasteiger partial charge is 0.458 e. The molecule has 2 rings (SSSR count). The standard InChI is InChI=1S/C14H13IO2/c1-2-12-7-8-14(17-12)13(16)9-10-3-5-11(15)6-4-10/h3-8H,2,9H2,1H3. The summed E-state index contributed by atoms with van der Waals surface area (Å²) in [5.74, 6) is 1.35. The van der Waals surface area contributed by atoms with Crippen LogP contribution in [0.15, 0.2) is 40.8 Å². The first-order valence-electron chi connectivity index (χ1n) is 5.55. The van der Waals surface area contributed by atoms with Crippen molar-refractivity contribution >= 4 is 28.4 Å². The predicted octanol–water partition coefficient (Wildman–Crippen LogP) is 3.87. The van der Waals surface area contributed by atoms with Crippen LogP contribution in [-0.4, -0.2) is 5.78 Å². The summed E-state index contributed by atoms with van der Waals surface area (Å²) in [5, 5.41) is 0. The van der Waals surface area contributed by atoms with Crippen molar-refractivity contribution in [1.82, 2.24) is 0 Å². The lowest BCUT2D eigenvalue weighted by Gasteiger charge is -1.99. The van der Waals surface area contributed by atoms with E-state index in [1.165, 1.54) is 3.57 Å². The third kappa shape index (κ3) is 3.19. The van der Waals surface area contributed by atoms with E-state index in [1.54, 1.807) is 6.07 Å². The zero-order valence-corrected chi connectivity index (χ0v) is 11.7. The summed E-state index contributed by atoms with van der Waals surface area (Å²) >= 11 is 2.25. The molecule has 3 heteroatoms. The van der Waals surface area contributed by atoms with Crippen LogP contribution in [0.2, 0.25) is 0 Å². The smallest absolute Gasteiger partial charge is 0.202 e. The fourth-order valence-electron chi connectivity index (χ4n) is 1.59. The van der Waals surface area contributed by atoms with E-state index >= 15 is 0 Å². The van der Waals surface area contributed by atoms with Crippen LogP contribution in [0, 0.1) is 3.57 Å². The summed E-state index contributed by atoms with van der Waals surface area (Å²) in [5.41, 5.74) is 1.02. The maximum atomic E-state index is 11.9. The van der Waals surface area contributed by atoms with Crippen LogP contribution in [0.1, 0.15) is 28.8 Å². The maximum absolute atomic E-state index is 11.9. The van der Waals surface area contributed by atoms with Crippen LogP contribution in [0.3, 0.4) is 0 Å². The second kappa shape index (κ2) is 5.49. The van der Waals surface area contributed by atoms with E-state index in [0.29, 0.717) is 12.2 Å². The summed E-state index contributed by atoms with van der Waals surface area (Å²) in [6, 6.07) is 11.6. The number of ketones is 1. The molecular weight excluding hydrogens is 327 g/mol. The Morgan fingerprint density at radius 3 is 2.47 bits per heavy atom. The van der Waals surface area contributed by atoms with Gasteiger partial charge < -0.3 is 4.42 Å². The summed E-state index contributed by atoms with van der Waals surface area (Å²) in [4.78, 5) is 11.9. The molecule has 0 atom stereocenters. The Hall–Kier alpha value is -1.10. The maximum Gasteiger partial charge on any atom is 0.202 e. The summed E-state index contributed by atoms with van der Waals surface area (Å²) < 4.78 is 6.61. The van der Waals surface area contributed by atoms with E-state index in [2.05, 4.69) is 22.6 Å². The molecule has 0 aliphatic heterocycles. The Balaban J connectivity index is 2.08. The Morgan fingerprint density at radius 1 is 1.18 bits per heavy atom. The van der Waals surface area contributed by atoms with E-state index in [9.17, 15) is 4.79 Å². The molecule has 17 heavy (non-hydrogen) atoms. The van der Waals surface area contributed by atoms with Crippen LogP contribution in [0.25, 0.3) is 0 Å². The van der Waals surface area contributed by atoms with Crippen LogP contribution < -0.4 is 0 Å². The molecule has 1 aromatic carbocycles. The monoisotopic (exact) mass is 340 g/mol. The lowest BCUT2D eigenvalue weighted by molar-refractivity contribution is 0.0965. The highest BCUT2D eigenvalue weighted by Gasteiger charge is 2.11. The number of rotatable bonds is 4. The molecular formula is C14H13IO2. The van der Waals surface area contributed by atoms with Gasteiger partial charge in [-0.3, -0.25) is 4.79 Å². The first-order valence-corrected chi connectivity index (χ1v) is 6.63. The Morgan fingerprint density at radius 2 is 1.88 bits per heavy atom. The van der Waals surface area contributed by atoms with Crippen molar-refractivity contribution < 1.29 is 9.21 Å². The van der Waals surface area contributed by atoms with E-state index in [-0.39, 0.29) is 5.78 Å². The molecule has 2 nitrogen and oxygen atoms in total. The van der Waals surface area contributed by atoms with Crippen molar-refractivity contribution in [3.05, 3.63) is 57.1 Å². The molecule has 0 radical (unpaired) electrons. The van der Waals surface area contributed by atoms with Crippen molar-refractivity contribution in [2.24, 2.45) is 0 Å². The van der Waals surface area contributed by atoms with Gasteiger partial charge >= 0.3 is 0 Å². The van der Waals surface area contributed by atoms with Crippen LogP contribution in [-0.2, 0) is 12.8 Å². The minimum absolute atomic E-state index is 0.0332. The number of carbonyl (C=O) groups is 1. The summed E-state index contributed by atoms with van der Waals surface area (Å²) in [6.45, 7) is 2.01. The predicted molar refractivity (Wildman–Crippen MR) is 75.3 cm³/mol. The highest BCUT2D eigenvalue weighted by atomic mass is 127. The molecule has 0 aliphatic rings. The number of hydrogen-bond donors (Lipinski definition) is 0. The van der Waals surface area contributed by atoms with E-state index in [0.717, 1.165) is 17.7 Å². The van der Waals surface area contributed by atoms with E-state index in [1.807, 2.05) is 37.3 Å². The number of aryl methyl sites for hydroxylation is 1. The zero-order valence-electron chi connectivity index (χ0n) is 9.57. The van der Waals surface area contributed by atoms with E-state index < -0.39 is 0 Å². The highest BCUT2D eigenvalue weighted by molar-refractivity contribution is 14.1. The molecule has 0 unspecified atom stereocenters. The lowest BCUT2D eigenvalue weighted by atomic mass is 10.1. The van der Waals surface area contributed by atoms with Crippen molar-refractivity contribution in [2.45, 2.75) is 19.8 Å². The molecule has 0 aliphatic carbocycles. The minimum Gasteiger partial charge on any atom is -0.458 e. The lowest BCUT2D eigenvalue weighted by Crippen LogP contribution is -2.01. The Kier molecular flexibility index (Phi) is 3.99. The summed E-state index contributed by atoms with van der Waals surface area (Å²) in [6.07, 6.45) is 1.21. The van der Waals surface area contributed by atoms with Crippen molar-refractivity contribution in [3.8, 4) is 0 Å². The number of furan rings is 1. The van der Waals surface area contributed by atoms with Gasteiger partial charge in [-0.15, -0.1) is 0 Å². The van der Waals surface area contributed by atoms with Gasteiger partial charge in [0.25, 0.3) is 0 Å². The molecule has 0 saturated carbocycles. The Bertz CT molecular complexity index is 511. The van der Waals surface area contributed by atoms with Gasteiger partial charge in [-0.1, -0.05) is 19.1 Å². The summed E-state index contributed by atoms with van der Waals surface area (Å²) in [7, 11) is 0. The second-order valence-corrected chi connectivity index (χ2v) is 5.09. The molecule has 2 aromatic rings. The molecule has 88 valence electrons. The van der Waals surface area contributed by atoms with Crippen molar-refractivity contribution in [2.75, 3.05) is 0 Å². The van der Waals surface area contributed by atoms with Gasteiger partial charge in [-0.25, -0.2) is 0 Å². The molecule has 0 amide bonds. The van der Waals surface area contributed by atoms with Crippen LogP contribution >= 0.6 is 22.6 Å². The highest BCUT2D eigenvalue weighted by Crippen LogP contribution is 2.13. The van der Waals surface area contributed by atoms with Gasteiger partial charge in [-0.2, -0.15) is 0 Å². The molecule has 1 aromatic heterocycles. The fourth-order valence-corrected chi connectivity index (χ4v) is 1.95. The molecule has 0 N–H and O–H groups in total. The van der Waals surface area contributed by atoms with Crippen LogP contribution in [0.4, 0.5) is 0 Å². The SMILES string of the molecule is CCc1ccc(C(=O)Cc2ccc(I)cc2)o1. The molecule has 1 heterocycles. The average molecular weight is 340 g/mol. The molecule has 0 bridgehead atoms. The first kappa shape index (κ1) is 12.4. The van der Waals surface area contributed by atoms with Gasteiger partial charge in [0, 0.05) is 16.4 Å². The molecule has 0 fully saturated rings. The zero-order chi connectivity index (χ0) is 12.3. The number of benzene rings is 1. The number of halogens is 1. The van der Waals surface area contributed by atoms with Gasteiger partial charge in [0.05, 0.1) is 0 Å².